The van der Waals surface area contributed by atoms with Gasteiger partial charge >= 0.3 is 0 Å². The highest BCUT2D eigenvalue weighted by atomic mass is 14.0. The zero-order valence-corrected chi connectivity index (χ0v) is 14.4. The fraction of sp³-hybridized carbons (Fsp3) is 0.857. The summed E-state index contributed by atoms with van der Waals surface area (Å²) in [7, 11) is 0. The first-order valence-electron chi connectivity index (χ1n) is 9.60. The minimum absolute atomic E-state index is 0.857. The van der Waals surface area contributed by atoms with Crippen molar-refractivity contribution in [3.8, 4) is 5.92 Å². The van der Waals surface area contributed by atoms with Gasteiger partial charge in [0.15, 0.2) is 0 Å². The Kier molecular flexibility index (Phi) is 19.2. The van der Waals surface area contributed by atoms with E-state index in [0.717, 1.165) is 12.8 Å². The van der Waals surface area contributed by atoms with Gasteiger partial charge in [0, 0.05) is 6.42 Å². The lowest BCUT2D eigenvalue weighted by Gasteiger charge is -2.03. The zero-order valence-electron chi connectivity index (χ0n) is 14.4. The molecule has 0 spiro atoms. The fourth-order valence-corrected chi connectivity index (χ4v) is 2.87. The van der Waals surface area contributed by atoms with E-state index < -0.39 is 0 Å². The van der Waals surface area contributed by atoms with Crippen LogP contribution in [0.15, 0.2) is 0 Å². The summed E-state index contributed by atoms with van der Waals surface area (Å²) in [4.78, 5) is 0. The fourth-order valence-electron chi connectivity index (χ4n) is 2.87. The number of hydrogen-bond acceptors (Lipinski definition) is 0. The smallest absolute Gasteiger partial charge is 0.00989 e. The standard InChI is InChI=1S/C21H38/c1-3-5-7-9-11-13-15-17-19-21-20-18-16-14-12-10-8-6-4-2/h1,3,5-21H2. The third-order valence-electron chi connectivity index (χ3n) is 4.30. The number of unbranched alkanes of at least 4 members (excludes halogenated alkanes) is 17. The van der Waals surface area contributed by atoms with Gasteiger partial charge < -0.3 is 0 Å². The highest BCUT2D eigenvalue weighted by Gasteiger charge is 1.94. The van der Waals surface area contributed by atoms with Crippen LogP contribution in [0.2, 0.25) is 0 Å². The van der Waals surface area contributed by atoms with Crippen molar-refractivity contribution in [2.24, 2.45) is 0 Å². The maximum atomic E-state index is 6.84. The van der Waals surface area contributed by atoms with Gasteiger partial charge in [-0.25, -0.2) is 0 Å². The van der Waals surface area contributed by atoms with E-state index in [1.165, 1.54) is 103 Å². The van der Waals surface area contributed by atoms with Crippen LogP contribution < -0.4 is 0 Å². The molecule has 0 aromatic heterocycles. The van der Waals surface area contributed by atoms with Crippen LogP contribution >= 0.6 is 0 Å². The highest BCUT2D eigenvalue weighted by molar-refractivity contribution is 4.74. The van der Waals surface area contributed by atoms with Crippen molar-refractivity contribution in [3.05, 3.63) is 13.3 Å². The molecule has 21 heavy (non-hydrogen) atoms. The molecule has 0 N–H and O–H groups in total. The van der Waals surface area contributed by atoms with Gasteiger partial charge in [-0.3, -0.25) is 0 Å². The Morgan fingerprint density at radius 3 is 1.05 bits per heavy atom. The van der Waals surface area contributed by atoms with E-state index in [9.17, 15) is 0 Å². The summed E-state index contributed by atoms with van der Waals surface area (Å²) >= 11 is 0. The first kappa shape index (κ1) is 20.6. The largest absolute Gasteiger partial charge is 0.0891 e. The summed E-state index contributed by atoms with van der Waals surface area (Å²) in [6.45, 7) is 3.89. The Bertz CT molecular complexity index is 211. The molecule has 122 valence electrons. The second kappa shape index (κ2) is 19.6. The minimum Gasteiger partial charge on any atom is -0.0891 e. The molecule has 0 aliphatic heterocycles. The molecule has 0 nitrogen and oxygen atoms in total. The Morgan fingerprint density at radius 1 is 0.476 bits per heavy atom. The van der Waals surface area contributed by atoms with Gasteiger partial charge in [-0.2, -0.15) is 0 Å². The Labute approximate surface area is 135 Å². The highest BCUT2D eigenvalue weighted by Crippen LogP contribution is 2.14. The molecule has 0 aromatic carbocycles. The van der Waals surface area contributed by atoms with Crippen LogP contribution in [0.25, 0.3) is 0 Å². The molecule has 0 heteroatoms. The van der Waals surface area contributed by atoms with E-state index in [4.69, 9.17) is 6.42 Å². The van der Waals surface area contributed by atoms with Crippen molar-refractivity contribution in [2.75, 3.05) is 0 Å². The molecule has 0 aromatic rings. The third kappa shape index (κ3) is 19.6. The van der Waals surface area contributed by atoms with E-state index in [1.807, 2.05) is 0 Å². The van der Waals surface area contributed by atoms with Crippen molar-refractivity contribution in [1.82, 2.24) is 0 Å². The Balaban J connectivity index is 2.92. The van der Waals surface area contributed by atoms with Crippen LogP contribution in [0.4, 0.5) is 0 Å². The summed E-state index contributed by atoms with van der Waals surface area (Å²) in [6.07, 6.45) is 31.1. The van der Waals surface area contributed by atoms with Gasteiger partial charge in [-0.05, 0) is 12.8 Å². The van der Waals surface area contributed by atoms with E-state index in [1.54, 1.807) is 0 Å². The second-order valence-electron chi connectivity index (χ2n) is 6.44. The van der Waals surface area contributed by atoms with Gasteiger partial charge in [0.2, 0.25) is 0 Å². The molecule has 0 rings (SSSR count). The molecule has 2 radical (unpaired) electrons. The van der Waals surface area contributed by atoms with E-state index in [0.29, 0.717) is 0 Å². The van der Waals surface area contributed by atoms with E-state index >= 15 is 0 Å². The van der Waals surface area contributed by atoms with Crippen molar-refractivity contribution >= 4 is 0 Å². The maximum Gasteiger partial charge on any atom is 0.00989 e. The first-order chi connectivity index (χ1) is 10.4. The maximum absolute atomic E-state index is 6.84. The molecule has 0 unspecified atom stereocenters. The van der Waals surface area contributed by atoms with Crippen LogP contribution in [0.3, 0.4) is 0 Å². The van der Waals surface area contributed by atoms with Crippen molar-refractivity contribution in [1.29, 1.82) is 0 Å². The third-order valence-corrected chi connectivity index (χ3v) is 4.30. The van der Waals surface area contributed by atoms with Crippen molar-refractivity contribution < 1.29 is 0 Å². The van der Waals surface area contributed by atoms with Crippen LogP contribution in [0, 0.1) is 19.3 Å². The molecule has 0 saturated carbocycles. The Morgan fingerprint density at radius 2 is 0.762 bits per heavy atom. The predicted molar refractivity (Wildman–Crippen MR) is 95.6 cm³/mol. The predicted octanol–water partition coefficient (Wildman–Crippen LogP) is 7.43. The molecule has 0 aliphatic carbocycles. The van der Waals surface area contributed by atoms with Crippen LogP contribution in [-0.2, 0) is 0 Å². The Hall–Kier alpha value is -0.440. The second-order valence-corrected chi connectivity index (χ2v) is 6.44. The number of hydrogen-bond donors (Lipinski definition) is 0. The lowest BCUT2D eigenvalue weighted by atomic mass is 10.0. The summed E-state index contributed by atoms with van der Waals surface area (Å²) in [5.41, 5.74) is 0. The molecular formula is C21H38. The van der Waals surface area contributed by atoms with Gasteiger partial charge in [-0.15, -0.1) is 0 Å². The van der Waals surface area contributed by atoms with Gasteiger partial charge in [0.05, 0.1) is 0 Å². The quantitative estimate of drug-likeness (QED) is 0.193. The summed E-state index contributed by atoms with van der Waals surface area (Å²) < 4.78 is 0. The SMILES string of the molecule is [C]#CCCCCCCCCCCCCCCCCCC[CH2]. The number of rotatable bonds is 17. The van der Waals surface area contributed by atoms with Crippen LogP contribution in [0.1, 0.15) is 116 Å². The first-order valence-corrected chi connectivity index (χ1v) is 9.60. The lowest BCUT2D eigenvalue weighted by Crippen LogP contribution is -1.83. The van der Waals surface area contributed by atoms with Crippen molar-refractivity contribution in [2.45, 2.75) is 116 Å². The average Bonchev–Trinajstić information content (AvgIpc) is 2.50. The van der Waals surface area contributed by atoms with Crippen LogP contribution in [-0.4, -0.2) is 0 Å². The zero-order chi connectivity index (χ0) is 15.4. The molecule has 0 amide bonds. The monoisotopic (exact) mass is 290 g/mol. The molecule has 0 fully saturated rings. The van der Waals surface area contributed by atoms with E-state index in [2.05, 4.69) is 12.8 Å². The summed E-state index contributed by atoms with van der Waals surface area (Å²) in [5.74, 6) is 2.47. The molecular weight excluding hydrogens is 252 g/mol. The van der Waals surface area contributed by atoms with Gasteiger partial charge in [0.25, 0.3) is 0 Å². The lowest BCUT2D eigenvalue weighted by molar-refractivity contribution is 0.529. The molecule has 0 saturated heterocycles. The average molecular weight is 291 g/mol. The van der Waals surface area contributed by atoms with Crippen LogP contribution in [0.5, 0.6) is 0 Å². The summed E-state index contributed by atoms with van der Waals surface area (Å²) in [5, 5.41) is 0. The van der Waals surface area contributed by atoms with Gasteiger partial charge in [0.1, 0.15) is 0 Å². The molecule has 0 bridgehead atoms. The summed E-state index contributed by atoms with van der Waals surface area (Å²) in [6, 6.07) is 0. The van der Waals surface area contributed by atoms with Crippen molar-refractivity contribution in [3.63, 3.8) is 0 Å². The normalized spacial score (nSPS) is 10.7. The topological polar surface area (TPSA) is 0 Å². The molecule has 0 aliphatic rings. The van der Waals surface area contributed by atoms with Gasteiger partial charge in [-0.1, -0.05) is 116 Å². The van der Waals surface area contributed by atoms with E-state index in [-0.39, 0.29) is 0 Å². The molecule has 0 heterocycles. The minimum atomic E-state index is 0.857. The molecule has 0 atom stereocenters.